The van der Waals surface area contributed by atoms with E-state index in [0.29, 0.717) is 23.7 Å². The third-order valence-electron chi connectivity index (χ3n) is 7.07. The smallest absolute Gasteiger partial charge is 0.250 e. The minimum atomic E-state index is -2.11. The summed E-state index contributed by atoms with van der Waals surface area (Å²) in [7, 11) is 1.16. The molecule has 32 heavy (non-hydrogen) atoms. The van der Waals surface area contributed by atoms with E-state index in [2.05, 4.69) is 39.9 Å². The second-order valence-electron chi connectivity index (χ2n) is 10.2. The number of nitrogens with two attached hydrogens (primary N) is 1. The van der Waals surface area contributed by atoms with Crippen molar-refractivity contribution >= 4 is 8.32 Å². The number of hydrogen-bond donors (Lipinski definition) is 2. The molecular formula is C24H41N3O4Si. The molecule has 0 saturated carbocycles. The number of methoxy groups -OCH3 is 2. The third kappa shape index (κ3) is 5.40. The van der Waals surface area contributed by atoms with E-state index in [-0.39, 0.29) is 17.7 Å². The fourth-order valence-corrected chi connectivity index (χ4v) is 5.22. The van der Waals surface area contributed by atoms with Gasteiger partial charge >= 0.3 is 0 Å². The molecule has 7 nitrogen and oxygen atoms in total. The number of rotatable bonds is 9. The fraction of sp³-hybridized carbons (Fsp3) is 0.708. The van der Waals surface area contributed by atoms with Crippen LogP contribution in [0.15, 0.2) is 6.07 Å². The topological polar surface area (TPSA) is 101 Å². The number of ether oxygens (including phenoxy) is 2. The highest BCUT2D eigenvalue weighted by Crippen LogP contribution is 2.45. The zero-order valence-electron chi connectivity index (χ0n) is 21.0. The molecule has 3 atom stereocenters. The number of aliphatic hydroxyl groups excluding tert-OH is 1. The molecule has 1 aliphatic rings. The van der Waals surface area contributed by atoms with Gasteiger partial charge in [0.25, 0.3) is 8.32 Å². The Morgan fingerprint density at radius 1 is 1.28 bits per heavy atom. The molecule has 3 N–H and O–H groups in total. The number of aliphatic hydroxyl groups is 1. The minimum Gasteiger partial charge on any atom is -0.541 e. The van der Waals surface area contributed by atoms with Crippen molar-refractivity contribution in [2.75, 3.05) is 27.4 Å². The van der Waals surface area contributed by atoms with E-state index >= 15 is 0 Å². The first-order valence-electron chi connectivity index (χ1n) is 11.4. The summed E-state index contributed by atoms with van der Waals surface area (Å²) in [6.45, 7) is 13.8. The zero-order valence-corrected chi connectivity index (χ0v) is 22.0. The molecule has 0 aromatic heterocycles. The Bertz CT molecular complexity index is 832. The molecule has 0 amide bonds. The summed E-state index contributed by atoms with van der Waals surface area (Å²) in [6, 6.07) is 3.41. The summed E-state index contributed by atoms with van der Waals surface area (Å²) in [5, 5.41) is 19.6. The van der Waals surface area contributed by atoms with Crippen molar-refractivity contribution in [1.29, 1.82) is 5.26 Å². The maximum atomic E-state index is 9.88. The lowest BCUT2D eigenvalue weighted by Crippen LogP contribution is -2.50. The highest BCUT2D eigenvalue weighted by Gasteiger charge is 2.40. The van der Waals surface area contributed by atoms with Crippen LogP contribution in [0.3, 0.4) is 0 Å². The van der Waals surface area contributed by atoms with Crippen LogP contribution >= 0.6 is 0 Å². The highest BCUT2D eigenvalue weighted by atomic mass is 28.4. The first-order valence-corrected chi connectivity index (χ1v) is 14.3. The van der Waals surface area contributed by atoms with Crippen LogP contribution in [0.25, 0.3) is 0 Å². The van der Waals surface area contributed by atoms with Crippen molar-refractivity contribution in [3.05, 3.63) is 17.2 Å². The molecule has 0 spiro atoms. The number of nitrogens with zero attached hydrogens (tertiary/aromatic N) is 2. The first kappa shape index (κ1) is 26.5. The zero-order chi connectivity index (χ0) is 24.3. The van der Waals surface area contributed by atoms with E-state index in [1.165, 1.54) is 0 Å². The number of hydrogen-bond acceptors (Lipinski definition) is 7. The van der Waals surface area contributed by atoms with Crippen LogP contribution in [-0.4, -0.2) is 63.8 Å². The summed E-state index contributed by atoms with van der Waals surface area (Å²) < 4.78 is 18.1. The van der Waals surface area contributed by atoms with Crippen molar-refractivity contribution in [1.82, 2.24) is 4.90 Å². The van der Waals surface area contributed by atoms with Gasteiger partial charge in [-0.1, -0.05) is 20.8 Å². The SMILES string of the molecule is COc1c(C[C@H](N)C(C#N)N2CCC[C@@H]2CO)cc(O[Si](C)(C)C(C)(C)C)c(OC)c1C. The molecule has 1 heterocycles. The Morgan fingerprint density at radius 3 is 2.41 bits per heavy atom. The maximum Gasteiger partial charge on any atom is 0.250 e. The molecule has 1 fully saturated rings. The van der Waals surface area contributed by atoms with Crippen LogP contribution in [0.4, 0.5) is 0 Å². The molecule has 1 aromatic carbocycles. The van der Waals surface area contributed by atoms with Gasteiger partial charge in [-0.15, -0.1) is 0 Å². The van der Waals surface area contributed by atoms with Crippen LogP contribution < -0.4 is 19.6 Å². The normalized spacial score (nSPS) is 19.3. The second-order valence-corrected chi connectivity index (χ2v) is 15.0. The van der Waals surface area contributed by atoms with Crippen molar-refractivity contribution in [3.8, 4) is 23.3 Å². The first-order chi connectivity index (χ1) is 14.9. The predicted molar refractivity (Wildman–Crippen MR) is 130 cm³/mol. The van der Waals surface area contributed by atoms with Gasteiger partial charge in [-0.2, -0.15) is 5.26 Å². The van der Waals surface area contributed by atoms with Gasteiger partial charge in [-0.3, -0.25) is 4.90 Å². The Hall–Kier alpha value is -1.79. The van der Waals surface area contributed by atoms with Gasteiger partial charge in [0.2, 0.25) is 0 Å². The van der Waals surface area contributed by atoms with Crippen LogP contribution in [0.5, 0.6) is 17.2 Å². The Labute approximate surface area is 194 Å². The summed E-state index contributed by atoms with van der Waals surface area (Å²) >= 11 is 0. The Balaban J connectivity index is 2.44. The van der Waals surface area contributed by atoms with Gasteiger partial charge in [-0.05, 0) is 62.5 Å². The lowest BCUT2D eigenvalue weighted by molar-refractivity contribution is 0.128. The van der Waals surface area contributed by atoms with Crippen molar-refractivity contribution in [3.63, 3.8) is 0 Å². The van der Waals surface area contributed by atoms with Gasteiger partial charge in [0, 0.05) is 17.6 Å². The van der Waals surface area contributed by atoms with Gasteiger partial charge in [0.1, 0.15) is 17.5 Å². The predicted octanol–water partition coefficient (Wildman–Crippen LogP) is 3.61. The molecule has 0 bridgehead atoms. The number of likely N-dealkylation sites (tertiary alicyclic amines) is 1. The maximum absolute atomic E-state index is 9.88. The average molecular weight is 464 g/mol. The third-order valence-corrected chi connectivity index (χ3v) is 11.4. The average Bonchev–Trinajstić information content (AvgIpc) is 3.16. The summed E-state index contributed by atoms with van der Waals surface area (Å²) in [5.41, 5.74) is 8.34. The standard InChI is InChI=1S/C24H41N3O4Si/c1-16-22(29-5)17(12-19(26)20(14-25)27-11-9-10-18(27)15-28)13-21(23(16)30-6)31-32(7,8)24(2,3)4/h13,18-20,28H,9-12,15,26H2,1-8H3/t18-,19+,20?/m1/s1. The fourth-order valence-electron chi connectivity index (χ4n) is 4.21. The second kappa shape index (κ2) is 10.4. The largest absolute Gasteiger partial charge is 0.541 e. The number of nitriles is 1. The molecular weight excluding hydrogens is 422 g/mol. The molecule has 8 heteroatoms. The van der Waals surface area contributed by atoms with Gasteiger partial charge in [-0.25, -0.2) is 0 Å². The van der Waals surface area contributed by atoms with E-state index in [1.54, 1.807) is 14.2 Å². The lowest BCUT2D eigenvalue weighted by Gasteiger charge is -2.37. The van der Waals surface area contributed by atoms with E-state index in [1.807, 2.05) is 17.9 Å². The van der Waals surface area contributed by atoms with E-state index in [4.69, 9.17) is 19.6 Å². The minimum absolute atomic E-state index is 0.0114. The molecule has 0 aliphatic carbocycles. The van der Waals surface area contributed by atoms with Gasteiger partial charge in [0.05, 0.1) is 26.9 Å². The van der Waals surface area contributed by atoms with Crippen LogP contribution in [0.1, 0.15) is 44.7 Å². The molecule has 2 rings (SSSR count). The van der Waals surface area contributed by atoms with Gasteiger partial charge < -0.3 is 24.7 Å². The van der Waals surface area contributed by atoms with Crippen LogP contribution in [0.2, 0.25) is 18.1 Å². The van der Waals surface area contributed by atoms with Crippen LogP contribution in [-0.2, 0) is 6.42 Å². The Morgan fingerprint density at radius 2 is 1.91 bits per heavy atom. The molecule has 1 aromatic rings. The molecule has 1 aliphatic heterocycles. The number of benzene rings is 1. The quantitative estimate of drug-likeness (QED) is 0.539. The lowest BCUT2D eigenvalue weighted by atomic mass is 9.96. The summed E-state index contributed by atoms with van der Waals surface area (Å²) in [4.78, 5) is 2.04. The molecule has 0 radical (unpaired) electrons. The summed E-state index contributed by atoms with van der Waals surface area (Å²) in [5.74, 6) is 2.07. The van der Waals surface area contributed by atoms with Crippen molar-refractivity contribution < 1.29 is 19.0 Å². The van der Waals surface area contributed by atoms with E-state index in [0.717, 1.165) is 30.5 Å². The Kier molecular flexibility index (Phi) is 8.62. The molecule has 180 valence electrons. The monoisotopic (exact) mass is 463 g/mol. The molecule has 1 saturated heterocycles. The van der Waals surface area contributed by atoms with Gasteiger partial charge in [0.15, 0.2) is 5.75 Å². The summed E-state index contributed by atoms with van der Waals surface area (Å²) in [6.07, 6.45) is 2.30. The van der Waals surface area contributed by atoms with Crippen molar-refractivity contribution in [2.45, 2.75) is 83.2 Å². The molecule has 1 unspecified atom stereocenters. The van der Waals surface area contributed by atoms with E-state index in [9.17, 15) is 10.4 Å². The van der Waals surface area contributed by atoms with Crippen LogP contribution in [0, 0.1) is 18.3 Å². The highest BCUT2D eigenvalue weighted by molar-refractivity contribution is 6.74. The van der Waals surface area contributed by atoms with Crippen molar-refractivity contribution in [2.24, 2.45) is 5.73 Å². The van der Waals surface area contributed by atoms with E-state index < -0.39 is 20.4 Å².